The molecule has 0 bridgehead atoms. The van der Waals surface area contributed by atoms with Gasteiger partial charge in [0.25, 0.3) is 0 Å². The fourth-order valence-electron chi connectivity index (χ4n) is 2.78. The number of carbonyl (C=O) groups excluding carboxylic acids is 1. The fourth-order valence-corrected chi connectivity index (χ4v) is 2.78. The van der Waals surface area contributed by atoms with Crippen molar-refractivity contribution in [2.45, 2.75) is 19.0 Å². The Bertz CT molecular complexity index is 845. The first-order valence-corrected chi connectivity index (χ1v) is 8.14. The van der Waals surface area contributed by atoms with Crippen molar-refractivity contribution in [3.8, 4) is 5.69 Å². The number of halogens is 1. The maximum Gasteiger partial charge on any atom is 0.242 e. The molecule has 1 amide bonds. The normalized spacial score (nSPS) is 12.9. The Morgan fingerprint density at radius 2 is 2.00 bits per heavy atom. The van der Waals surface area contributed by atoms with Crippen molar-refractivity contribution in [3.05, 3.63) is 66.2 Å². The average Bonchev–Trinajstić information content (AvgIpc) is 3.28. The summed E-state index contributed by atoms with van der Waals surface area (Å²) in [4.78, 5) is 12.7. The molecule has 2 heterocycles. The van der Waals surface area contributed by atoms with Gasteiger partial charge in [0, 0.05) is 31.2 Å². The van der Waals surface area contributed by atoms with E-state index < -0.39 is 6.04 Å². The number of nitrogens with one attached hydrogen (secondary N) is 2. The van der Waals surface area contributed by atoms with E-state index in [1.165, 1.54) is 0 Å². The first-order chi connectivity index (χ1) is 12.1. The van der Waals surface area contributed by atoms with Crippen LogP contribution in [0.1, 0.15) is 30.1 Å². The van der Waals surface area contributed by atoms with Crippen LogP contribution in [0, 0.1) is 0 Å². The Kier molecular flexibility index (Phi) is 6.54. The number of hydrogen-bond donors (Lipinski definition) is 2. The third-order valence-electron chi connectivity index (χ3n) is 4.11. The Hall–Kier alpha value is -2.64. The monoisotopic (exact) mass is 374 g/mol. The van der Waals surface area contributed by atoms with E-state index in [1.54, 1.807) is 28.8 Å². The lowest BCUT2D eigenvalue weighted by Gasteiger charge is -2.20. The number of nitrogens with zero attached hydrogens (tertiary/aromatic N) is 4. The lowest BCUT2D eigenvalue weighted by Crippen LogP contribution is -2.37. The molecule has 7 nitrogen and oxygen atoms in total. The van der Waals surface area contributed by atoms with Gasteiger partial charge in [-0.25, -0.2) is 4.68 Å². The highest BCUT2D eigenvalue weighted by Crippen LogP contribution is 2.18. The van der Waals surface area contributed by atoms with Crippen molar-refractivity contribution in [3.63, 3.8) is 0 Å². The van der Waals surface area contributed by atoms with Gasteiger partial charge in [0.1, 0.15) is 6.04 Å². The molecule has 3 rings (SSSR count). The van der Waals surface area contributed by atoms with Crippen molar-refractivity contribution in [1.82, 2.24) is 30.2 Å². The average molecular weight is 375 g/mol. The number of benzene rings is 1. The number of likely N-dealkylation sites (N-methyl/N-ethyl adjacent to an activating group) is 1. The van der Waals surface area contributed by atoms with Crippen LogP contribution in [0.15, 0.2) is 55.1 Å². The summed E-state index contributed by atoms with van der Waals surface area (Å²) in [5, 5.41) is 14.5. The fraction of sp³-hybridized carbons (Fsp3) is 0.278. The van der Waals surface area contributed by atoms with Crippen molar-refractivity contribution in [2.75, 3.05) is 7.05 Å². The zero-order valence-corrected chi connectivity index (χ0v) is 15.8. The largest absolute Gasteiger partial charge is 0.348 e. The van der Waals surface area contributed by atoms with Gasteiger partial charge in [0.15, 0.2) is 0 Å². The van der Waals surface area contributed by atoms with Crippen molar-refractivity contribution in [1.29, 1.82) is 0 Å². The maximum absolute atomic E-state index is 12.7. The minimum absolute atomic E-state index is 0. The van der Waals surface area contributed by atoms with Crippen LogP contribution in [-0.4, -0.2) is 32.5 Å². The summed E-state index contributed by atoms with van der Waals surface area (Å²) in [6.07, 6.45) is 7.17. The number of amides is 1. The van der Waals surface area contributed by atoms with Crippen LogP contribution < -0.4 is 10.6 Å². The Morgan fingerprint density at radius 3 is 2.62 bits per heavy atom. The molecular weight excluding hydrogens is 352 g/mol. The molecule has 2 N–H and O–H groups in total. The third kappa shape index (κ3) is 4.30. The quantitative estimate of drug-likeness (QED) is 0.693. The molecule has 138 valence electrons. The summed E-state index contributed by atoms with van der Waals surface area (Å²) in [5.74, 6) is -0.0903. The van der Waals surface area contributed by atoms with E-state index in [1.807, 2.05) is 56.7 Å². The molecule has 0 aliphatic carbocycles. The molecule has 26 heavy (non-hydrogen) atoms. The second kappa shape index (κ2) is 8.64. The summed E-state index contributed by atoms with van der Waals surface area (Å²) in [6, 6.07) is 9.28. The van der Waals surface area contributed by atoms with Crippen LogP contribution in [0.5, 0.6) is 0 Å². The highest BCUT2D eigenvalue weighted by Gasteiger charge is 2.22. The van der Waals surface area contributed by atoms with E-state index in [0.29, 0.717) is 0 Å². The second-order valence-electron chi connectivity index (χ2n) is 5.94. The minimum atomic E-state index is -0.439. The Morgan fingerprint density at radius 1 is 1.19 bits per heavy atom. The molecule has 0 saturated heterocycles. The molecule has 0 aliphatic rings. The zero-order chi connectivity index (χ0) is 17.8. The van der Waals surface area contributed by atoms with Gasteiger partial charge in [0.2, 0.25) is 5.91 Å². The summed E-state index contributed by atoms with van der Waals surface area (Å²) >= 11 is 0. The molecular formula is C18H23ClN6O. The van der Waals surface area contributed by atoms with Crippen molar-refractivity contribution < 1.29 is 4.79 Å². The molecule has 0 radical (unpaired) electrons. The van der Waals surface area contributed by atoms with E-state index in [4.69, 9.17) is 0 Å². The van der Waals surface area contributed by atoms with Gasteiger partial charge in [-0.1, -0.05) is 12.1 Å². The first-order valence-electron chi connectivity index (χ1n) is 8.14. The molecule has 2 unspecified atom stereocenters. The minimum Gasteiger partial charge on any atom is -0.348 e. The predicted octanol–water partition coefficient (Wildman–Crippen LogP) is 2.17. The van der Waals surface area contributed by atoms with E-state index >= 15 is 0 Å². The van der Waals surface area contributed by atoms with Crippen molar-refractivity contribution in [2.24, 2.45) is 7.05 Å². The molecule has 0 spiro atoms. The summed E-state index contributed by atoms with van der Waals surface area (Å²) in [7, 11) is 3.60. The molecule has 0 saturated carbocycles. The lowest BCUT2D eigenvalue weighted by atomic mass is 10.1. The Balaban J connectivity index is 0.00000243. The molecule has 1 aromatic carbocycles. The summed E-state index contributed by atoms with van der Waals surface area (Å²) < 4.78 is 3.48. The van der Waals surface area contributed by atoms with Crippen LogP contribution in [0.4, 0.5) is 0 Å². The number of rotatable bonds is 6. The predicted molar refractivity (Wildman–Crippen MR) is 102 cm³/mol. The summed E-state index contributed by atoms with van der Waals surface area (Å²) in [5.41, 5.74) is 2.81. The molecule has 8 heteroatoms. The second-order valence-corrected chi connectivity index (χ2v) is 5.94. The Labute approximate surface area is 158 Å². The highest BCUT2D eigenvalue weighted by atomic mass is 35.5. The van der Waals surface area contributed by atoms with Crippen LogP contribution in [-0.2, 0) is 11.8 Å². The van der Waals surface area contributed by atoms with Crippen LogP contribution >= 0.6 is 12.4 Å². The summed E-state index contributed by atoms with van der Waals surface area (Å²) in [6.45, 7) is 1.97. The number of aromatic nitrogens is 4. The third-order valence-corrected chi connectivity index (χ3v) is 4.11. The SMILES string of the molecule is CNC(C(=O)NC(C)c1cccc(-n2cccn2)c1)c1cnn(C)c1.Cl. The molecule has 0 aliphatic heterocycles. The van der Waals surface area contributed by atoms with Crippen LogP contribution in [0.25, 0.3) is 5.69 Å². The highest BCUT2D eigenvalue weighted by molar-refractivity contribution is 5.85. The van der Waals surface area contributed by atoms with E-state index in [-0.39, 0.29) is 24.4 Å². The van der Waals surface area contributed by atoms with Gasteiger partial charge in [0.05, 0.1) is 17.9 Å². The van der Waals surface area contributed by atoms with Gasteiger partial charge < -0.3 is 10.6 Å². The zero-order valence-electron chi connectivity index (χ0n) is 15.0. The van der Waals surface area contributed by atoms with Crippen LogP contribution in [0.3, 0.4) is 0 Å². The lowest BCUT2D eigenvalue weighted by molar-refractivity contribution is -0.123. The maximum atomic E-state index is 12.7. The molecule has 0 fully saturated rings. The van der Waals surface area contributed by atoms with Gasteiger partial charge >= 0.3 is 0 Å². The molecule has 2 atom stereocenters. The van der Waals surface area contributed by atoms with Gasteiger partial charge in [-0.3, -0.25) is 9.48 Å². The standard InChI is InChI=1S/C18H22N6O.ClH/c1-13(14-6-4-7-16(10-14)24-9-5-8-20-24)22-18(25)17(19-2)15-11-21-23(3)12-15;/h4-13,17,19H,1-3H3,(H,22,25);1H. The number of hydrogen-bond acceptors (Lipinski definition) is 4. The van der Waals surface area contributed by atoms with Gasteiger partial charge in [-0.15, -0.1) is 12.4 Å². The molecule has 3 aromatic rings. The van der Waals surface area contributed by atoms with E-state index in [0.717, 1.165) is 16.8 Å². The number of carbonyl (C=O) groups is 1. The number of aryl methyl sites for hydroxylation is 1. The molecule has 2 aromatic heterocycles. The smallest absolute Gasteiger partial charge is 0.242 e. The topological polar surface area (TPSA) is 76.8 Å². The van der Waals surface area contributed by atoms with E-state index in [2.05, 4.69) is 20.8 Å². The first kappa shape index (κ1) is 19.7. The van der Waals surface area contributed by atoms with Gasteiger partial charge in [-0.05, 0) is 37.7 Å². The van der Waals surface area contributed by atoms with E-state index in [9.17, 15) is 4.79 Å². The van der Waals surface area contributed by atoms with Gasteiger partial charge in [-0.2, -0.15) is 10.2 Å². The van der Waals surface area contributed by atoms with Crippen LogP contribution in [0.2, 0.25) is 0 Å². The van der Waals surface area contributed by atoms with Crippen molar-refractivity contribution >= 4 is 18.3 Å².